The summed E-state index contributed by atoms with van der Waals surface area (Å²) in [6.45, 7) is 4.69. The number of halogens is 2. The maximum absolute atomic E-state index is 13.5. The average molecular weight is 337 g/mol. The SMILES string of the molecule is CCC(C)c1ccccc1OCc1cccc(F)c1Br. The number of ether oxygens (including phenoxy) is 1. The molecule has 0 heterocycles. The van der Waals surface area contributed by atoms with Crippen molar-refractivity contribution in [3.05, 3.63) is 63.9 Å². The summed E-state index contributed by atoms with van der Waals surface area (Å²) in [4.78, 5) is 0. The lowest BCUT2D eigenvalue weighted by Gasteiger charge is -2.16. The van der Waals surface area contributed by atoms with Crippen LogP contribution in [0.3, 0.4) is 0 Å². The van der Waals surface area contributed by atoms with Crippen molar-refractivity contribution in [3.8, 4) is 5.75 Å². The number of para-hydroxylation sites is 1. The molecule has 106 valence electrons. The molecule has 2 rings (SSSR count). The van der Waals surface area contributed by atoms with E-state index in [2.05, 4.69) is 35.8 Å². The molecular weight excluding hydrogens is 319 g/mol. The monoisotopic (exact) mass is 336 g/mol. The Balaban J connectivity index is 2.17. The van der Waals surface area contributed by atoms with Crippen molar-refractivity contribution in [2.45, 2.75) is 32.8 Å². The zero-order valence-electron chi connectivity index (χ0n) is 11.7. The number of hydrogen-bond donors (Lipinski definition) is 0. The Labute approximate surface area is 127 Å². The van der Waals surface area contributed by atoms with Crippen LogP contribution in [-0.4, -0.2) is 0 Å². The maximum Gasteiger partial charge on any atom is 0.137 e. The van der Waals surface area contributed by atoms with Crippen LogP contribution < -0.4 is 4.74 Å². The fourth-order valence-electron chi connectivity index (χ4n) is 2.05. The highest BCUT2D eigenvalue weighted by molar-refractivity contribution is 9.10. The molecule has 0 aliphatic rings. The third-order valence-corrected chi connectivity index (χ3v) is 4.37. The Hall–Kier alpha value is -1.35. The van der Waals surface area contributed by atoms with Gasteiger partial charge in [-0.25, -0.2) is 4.39 Å². The van der Waals surface area contributed by atoms with Crippen LogP contribution in [-0.2, 0) is 6.61 Å². The summed E-state index contributed by atoms with van der Waals surface area (Å²) >= 11 is 3.26. The molecule has 1 nitrogen and oxygen atoms in total. The molecular formula is C17H18BrFO. The molecule has 0 amide bonds. The Kier molecular flexibility index (Phi) is 5.18. The molecule has 0 fully saturated rings. The summed E-state index contributed by atoms with van der Waals surface area (Å²) in [5.41, 5.74) is 2.01. The summed E-state index contributed by atoms with van der Waals surface area (Å²) in [5, 5.41) is 0. The van der Waals surface area contributed by atoms with Gasteiger partial charge in [0, 0.05) is 5.56 Å². The fourth-order valence-corrected chi connectivity index (χ4v) is 2.43. The van der Waals surface area contributed by atoms with Crippen LogP contribution in [0, 0.1) is 5.82 Å². The molecule has 0 saturated heterocycles. The standard InChI is InChI=1S/C17H18BrFO/c1-3-12(2)14-8-4-5-10-16(14)20-11-13-7-6-9-15(19)17(13)18/h4-10,12H,3,11H2,1-2H3. The van der Waals surface area contributed by atoms with E-state index in [1.807, 2.05) is 24.3 Å². The van der Waals surface area contributed by atoms with E-state index >= 15 is 0 Å². The zero-order valence-corrected chi connectivity index (χ0v) is 13.3. The van der Waals surface area contributed by atoms with E-state index in [9.17, 15) is 4.39 Å². The fraction of sp³-hybridized carbons (Fsp3) is 0.294. The Morgan fingerprint density at radius 3 is 2.65 bits per heavy atom. The zero-order chi connectivity index (χ0) is 14.5. The van der Waals surface area contributed by atoms with Gasteiger partial charge in [0.2, 0.25) is 0 Å². The van der Waals surface area contributed by atoms with Crippen LogP contribution in [0.15, 0.2) is 46.9 Å². The molecule has 0 aromatic heterocycles. The van der Waals surface area contributed by atoms with E-state index in [4.69, 9.17) is 4.74 Å². The maximum atomic E-state index is 13.5. The summed E-state index contributed by atoms with van der Waals surface area (Å²) in [6.07, 6.45) is 1.06. The van der Waals surface area contributed by atoms with E-state index in [0.29, 0.717) is 17.0 Å². The van der Waals surface area contributed by atoms with Crippen molar-refractivity contribution in [1.82, 2.24) is 0 Å². The molecule has 3 heteroatoms. The second kappa shape index (κ2) is 6.89. The molecule has 0 radical (unpaired) electrons. The minimum atomic E-state index is -0.263. The Bertz CT molecular complexity index is 583. The van der Waals surface area contributed by atoms with Gasteiger partial charge >= 0.3 is 0 Å². The second-order valence-corrected chi connectivity index (χ2v) is 5.64. The van der Waals surface area contributed by atoms with E-state index in [-0.39, 0.29) is 5.82 Å². The first-order valence-corrected chi connectivity index (χ1v) is 7.57. The smallest absolute Gasteiger partial charge is 0.137 e. The number of rotatable bonds is 5. The highest BCUT2D eigenvalue weighted by Gasteiger charge is 2.11. The first kappa shape index (κ1) is 15.0. The molecule has 0 N–H and O–H groups in total. The first-order chi connectivity index (χ1) is 9.63. The molecule has 1 atom stereocenters. The summed E-state index contributed by atoms with van der Waals surface area (Å²) in [6, 6.07) is 13.0. The van der Waals surface area contributed by atoms with Gasteiger partial charge in [-0.3, -0.25) is 0 Å². The summed E-state index contributed by atoms with van der Waals surface area (Å²) in [7, 11) is 0. The highest BCUT2D eigenvalue weighted by atomic mass is 79.9. The van der Waals surface area contributed by atoms with Crippen LogP contribution in [0.5, 0.6) is 5.75 Å². The molecule has 0 saturated carbocycles. The minimum absolute atomic E-state index is 0.263. The third kappa shape index (κ3) is 3.40. The van der Waals surface area contributed by atoms with Crippen molar-refractivity contribution in [2.75, 3.05) is 0 Å². The van der Waals surface area contributed by atoms with Crippen molar-refractivity contribution >= 4 is 15.9 Å². The second-order valence-electron chi connectivity index (χ2n) is 4.85. The lowest BCUT2D eigenvalue weighted by atomic mass is 9.98. The largest absolute Gasteiger partial charge is 0.489 e. The van der Waals surface area contributed by atoms with Crippen LogP contribution in [0.25, 0.3) is 0 Å². The predicted molar refractivity (Wildman–Crippen MR) is 83.6 cm³/mol. The highest BCUT2D eigenvalue weighted by Crippen LogP contribution is 2.30. The van der Waals surface area contributed by atoms with Gasteiger partial charge in [0.05, 0.1) is 4.47 Å². The van der Waals surface area contributed by atoms with Gasteiger partial charge in [-0.05, 0) is 46.0 Å². The normalized spacial score (nSPS) is 12.2. The van der Waals surface area contributed by atoms with Gasteiger partial charge in [0.25, 0.3) is 0 Å². The van der Waals surface area contributed by atoms with Crippen molar-refractivity contribution < 1.29 is 9.13 Å². The van der Waals surface area contributed by atoms with Gasteiger partial charge in [0.1, 0.15) is 18.2 Å². The summed E-state index contributed by atoms with van der Waals surface area (Å²) in [5.74, 6) is 1.06. The van der Waals surface area contributed by atoms with Gasteiger partial charge in [-0.1, -0.05) is 44.2 Å². The predicted octanol–water partition coefficient (Wildman–Crippen LogP) is 5.68. The molecule has 0 spiro atoms. The minimum Gasteiger partial charge on any atom is -0.489 e. The van der Waals surface area contributed by atoms with E-state index in [0.717, 1.165) is 17.7 Å². The van der Waals surface area contributed by atoms with Crippen molar-refractivity contribution in [1.29, 1.82) is 0 Å². The van der Waals surface area contributed by atoms with E-state index < -0.39 is 0 Å². The lowest BCUT2D eigenvalue weighted by molar-refractivity contribution is 0.299. The Morgan fingerprint density at radius 2 is 1.90 bits per heavy atom. The van der Waals surface area contributed by atoms with Gasteiger partial charge in [0.15, 0.2) is 0 Å². The van der Waals surface area contributed by atoms with Crippen LogP contribution >= 0.6 is 15.9 Å². The molecule has 20 heavy (non-hydrogen) atoms. The first-order valence-electron chi connectivity index (χ1n) is 6.78. The van der Waals surface area contributed by atoms with Gasteiger partial charge in [-0.15, -0.1) is 0 Å². The van der Waals surface area contributed by atoms with Crippen molar-refractivity contribution in [2.24, 2.45) is 0 Å². The molecule has 2 aromatic carbocycles. The van der Waals surface area contributed by atoms with Crippen LogP contribution in [0.2, 0.25) is 0 Å². The number of benzene rings is 2. The third-order valence-electron chi connectivity index (χ3n) is 3.48. The Morgan fingerprint density at radius 1 is 1.15 bits per heavy atom. The van der Waals surface area contributed by atoms with Crippen LogP contribution in [0.1, 0.15) is 37.3 Å². The number of hydrogen-bond acceptors (Lipinski definition) is 1. The molecule has 2 aromatic rings. The lowest BCUT2D eigenvalue weighted by Crippen LogP contribution is -2.02. The molecule has 1 unspecified atom stereocenters. The van der Waals surface area contributed by atoms with E-state index in [1.54, 1.807) is 6.07 Å². The topological polar surface area (TPSA) is 9.23 Å². The quantitative estimate of drug-likeness (QED) is 0.682. The van der Waals surface area contributed by atoms with Crippen LogP contribution in [0.4, 0.5) is 4.39 Å². The molecule has 0 aliphatic heterocycles. The summed E-state index contributed by atoms with van der Waals surface area (Å²) < 4.78 is 19.8. The van der Waals surface area contributed by atoms with Gasteiger partial charge in [-0.2, -0.15) is 0 Å². The van der Waals surface area contributed by atoms with E-state index in [1.165, 1.54) is 11.6 Å². The molecule has 0 bridgehead atoms. The average Bonchev–Trinajstić information content (AvgIpc) is 2.48. The van der Waals surface area contributed by atoms with Gasteiger partial charge < -0.3 is 4.74 Å². The molecule has 0 aliphatic carbocycles. The van der Waals surface area contributed by atoms with Crippen molar-refractivity contribution in [3.63, 3.8) is 0 Å².